The topological polar surface area (TPSA) is 46.5 Å². The van der Waals surface area contributed by atoms with Gasteiger partial charge in [-0.1, -0.05) is 13.8 Å². The summed E-state index contributed by atoms with van der Waals surface area (Å²) >= 11 is 0. The average molecular weight is 274 g/mol. The predicted octanol–water partition coefficient (Wildman–Crippen LogP) is 3.87. The molecule has 1 aliphatic rings. The summed E-state index contributed by atoms with van der Waals surface area (Å²) in [4.78, 5) is 11.8. The van der Waals surface area contributed by atoms with Gasteiger partial charge in [0.2, 0.25) is 0 Å². The number of fused-ring (bicyclic) bond motifs is 1. The molecule has 20 heavy (non-hydrogen) atoms. The van der Waals surface area contributed by atoms with E-state index in [9.17, 15) is 9.90 Å². The summed E-state index contributed by atoms with van der Waals surface area (Å²) in [5, 5.41) is 9.91. The van der Waals surface area contributed by atoms with Crippen LogP contribution in [0, 0.1) is 12.8 Å². The molecule has 0 amide bonds. The molecule has 108 valence electrons. The number of ether oxygens (including phenoxy) is 1. The molecule has 3 heteroatoms. The monoisotopic (exact) mass is 274 g/mol. The van der Waals surface area contributed by atoms with Gasteiger partial charge < -0.3 is 9.84 Å². The van der Waals surface area contributed by atoms with E-state index in [0.29, 0.717) is 24.2 Å². The minimum atomic E-state index is -0.488. The van der Waals surface area contributed by atoms with E-state index in [0.717, 1.165) is 5.56 Å². The van der Waals surface area contributed by atoms with Gasteiger partial charge in [-0.3, -0.25) is 4.79 Å². The normalized spacial score (nSPS) is 20.6. The van der Waals surface area contributed by atoms with Gasteiger partial charge in [-0.05, 0) is 50.1 Å². The number of rotatable bonds is 4. The zero-order valence-electron chi connectivity index (χ0n) is 12.6. The van der Waals surface area contributed by atoms with Gasteiger partial charge in [0.05, 0.1) is 5.56 Å². The zero-order valence-corrected chi connectivity index (χ0v) is 12.6. The van der Waals surface area contributed by atoms with E-state index >= 15 is 0 Å². The zero-order chi connectivity index (χ0) is 14.9. The van der Waals surface area contributed by atoms with E-state index in [1.807, 2.05) is 45.9 Å². The van der Waals surface area contributed by atoms with E-state index in [1.165, 1.54) is 0 Å². The number of phenols is 1. The second kappa shape index (κ2) is 5.31. The highest BCUT2D eigenvalue weighted by atomic mass is 16.5. The summed E-state index contributed by atoms with van der Waals surface area (Å²) < 4.78 is 6.01. The molecule has 0 saturated heterocycles. The summed E-state index contributed by atoms with van der Waals surface area (Å²) in [5.41, 5.74) is 1.18. The van der Waals surface area contributed by atoms with E-state index in [-0.39, 0.29) is 17.5 Å². The van der Waals surface area contributed by atoms with Crippen LogP contribution >= 0.6 is 0 Å². The number of benzene rings is 1. The molecule has 1 aliphatic heterocycles. The smallest absolute Gasteiger partial charge is 0.135 e. The van der Waals surface area contributed by atoms with Crippen LogP contribution in [0.5, 0.6) is 11.5 Å². The molecule has 0 spiro atoms. The molecule has 1 aromatic rings. The van der Waals surface area contributed by atoms with E-state index in [1.54, 1.807) is 6.07 Å². The molecule has 0 bridgehead atoms. The van der Waals surface area contributed by atoms with Crippen LogP contribution in [0.1, 0.15) is 44.7 Å². The van der Waals surface area contributed by atoms with Crippen molar-refractivity contribution in [3.8, 4) is 11.5 Å². The minimum Gasteiger partial charge on any atom is -0.507 e. The first-order chi connectivity index (χ1) is 9.31. The number of carbonyl (C=O) groups excluding carboxylic acids is 1. The SMILES string of the molecule is Cc1cc(O)c2c(c1)O[C@@](C)(CCC(=O)C(C)C)C=C2. The number of Topliss-reactive ketones (excluding diaryl/α,β-unsaturated/α-hetero) is 1. The molecule has 0 unspecified atom stereocenters. The van der Waals surface area contributed by atoms with Gasteiger partial charge in [-0.25, -0.2) is 0 Å². The number of hydrogen-bond donors (Lipinski definition) is 1. The summed E-state index contributed by atoms with van der Waals surface area (Å²) in [6.45, 7) is 7.72. The van der Waals surface area contributed by atoms with E-state index in [4.69, 9.17) is 4.74 Å². The van der Waals surface area contributed by atoms with Crippen molar-refractivity contribution in [1.29, 1.82) is 0 Å². The Morgan fingerprint density at radius 3 is 2.75 bits per heavy atom. The highest BCUT2D eigenvalue weighted by molar-refractivity contribution is 5.80. The van der Waals surface area contributed by atoms with Crippen molar-refractivity contribution in [1.82, 2.24) is 0 Å². The van der Waals surface area contributed by atoms with Crippen molar-refractivity contribution in [2.45, 2.75) is 46.1 Å². The van der Waals surface area contributed by atoms with Gasteiger partial charge in [-0.15, -0.1) is 0 Å². The maximum Gasteiger partial charge on any atom is 0.135 e. The molecule has 0 saturated carbocycles. The van der Waals surface area contributed by atoms with Crippen molar-refractivity contribution in [3.05, 3.63) is 29.3 Å². The molecule has 0 aliphatic carbocycles. The molecule has 1 aromatic carbocycles. The van der Waals surface area contributed by atoms with Gasteiger partial charge in [0.1, 0.15) is 22.9 Å². The average Bonchev–Trinajstić information content (AvgIpc) is 2.35. The molecule has 2 rings (SSSR count). The Kier molecular flexibility index (Phi) is 3.89. The van der Waals surface area contributed by atoms with Gasteiger partial charge >= 0.3 is 0 Å². The van der Waals surface area contributed by atoms with Crippen molar-refractivity contribution < 1.29 is 14.6 Å². The summed E-state index contributed by atoms with van der Waals surface area (Å²) in [7, 11) is 0. The van der Waals surface area contributed by atoms with Crippen molar-refractivity contribution >= 4 is 11.9 Å². The van der Waals surface area contributed by atoms with Crippen molar-refractivity contribution in [2.24, 2.45) is 5.92 Å². The van der Waals surface area contributed by atoms with Crippen LogP contribution in [0.4, 0.5) is 0 Å². The highest BCUT2D eigenvalue weighted by Gasteiger charge is 2.29. The number of aromatic hydroxyl groups is 1. The lowest BCUT2D eigenvalue weighted by Crippen LogP contribution is -2.33. The van der Waals surface area contributed by atoms with Crippen LogP contribution in [0.15, 0.2) is 18.2 Å². The second-order valence-corrected chi connectivity index (χ2v) is 6.06. The first-order valence-corrected chi connectivity index (χ1v) is 7.05. The molecule has 1 N–H and O–H groups in total. The molecular weight excluding hydrogens is 252 g/mol. The number of carbonyl (C=O) groups is 1. The number of ketones is 1. The maximum atomic E-state index is 11.8. The fourth-order valence-electron chi connectivity index (χ4n) is 2.34. The number of phenolic OH excluding ortho intramolecular Hbond substituents is 1. The number of aryl methyl sites for hydroxylation is 1. The van der Waals surface area contributed by atoms with Crippen LogP contribution < -0.4 is 4.74 Å². The fourth-order valence-corrected chi connectivity index (χ4v) is 2.34. The lowest BCUT2D eigenvalue weighted by atomic mass is 9.91. The quantitative estimate of drug-likeness (QED) is 0.906. The molecule has 0 fully saturated rings. The van der Waals surface area contributed by atoms with Crippen molar-refractivity contribution in [2.75, 3.05) is 0 Å². The first-order valence-electron chi connectivity index (χ1n) is 7.05. The van der Waals surface area contributed by atoms with Gasteiger partial charge in [-0.2, -0.15) is 0 Å². The predicted molar refractivity (Wildman–Crippen MR) is 80.0 cm³/mol. The molecule has 1 atom stereocenters. The molecular formula is C17H22O3. The molecule has 0 aromatic heterocycles. The fraction of sp³-hybridized carbons (Fsp3) is 0.471. The minimum absolute atomic E-state index is 0.0599. The largest absolute Gasteiger partial charge is 0.507 e. The highest BCUT2D eigenvalue weighted by Crippen LogP contribution is 2.38. The molecule has 3 nitrogen and oxygen atoms in total. The van der Waals surface area contributed by atoms with Gasteiger partial charge in [0.15, 0.2) is 0 Å². The van der Waals surface area contributed by atoms with Gasteiger partial charge in [0.25, 0.3) is 0 Å². The Balaban J connectivity index is 2.16. The third-order valence-corrected chi connectivity index (χ3v) is 3.72. The lowest BCUT2D eigenvalue weighted by molar-refractivity contribution is -0.122. The molecule has 0 radical (unpaired) electrons. The number of hydrogen-bond acceptors (Lipinski definition) is 3. The maximum absolute atomic E-state index is 11.8. The summed E-state index contributed by atoms with van der Waals surface area (Å²) in [6, 6.07) is 3.64. The third-order valence-electron chi connectivity index (χ3n) is 3.72. The van der Waals surface area contributed by atoms with Gasteiger partial charge in [0, 0.05) is 12.3 Å². The Bertz CT molecular complexity index is 558. The Morgan fingerprint density at radius 2 is 2.10 bits per heavy atom. The van der Waals surface area contributed by atoms with Crippen LogP contribution in [0.2, 0.25) is 0 Å². The van der Waals surface area contributed by atoms with Crippen LogP contribution in [0.3, 0.4) is 0 Å². The Labute approximate surface area is 120 Å². The van der Waals surface area contributed by atoms with E-state index in [2.05, 4.69) is 0 Å². The van der Waals surface area contributed by atoms with E-state index < -0.39 is 5.60 Å². The van der Waals surface area contributed by atoms with Crippen LogP contribution in [-0.4, -0.2) is 16.5 Å². The Hall–Kier alpha value is -1.77. The Morgan fingerprint density at radius 1 is 1.40 bits per heavy atom. The van der Waals surface area contributed by atoms with Crippen LogP contribution in [0.25, 0.3) is 6.08 Å². The lowest BCUT2D eigenvalue weighted by Gasteiger charge is -2.32. The second-order valence-electron chi connectivity index (χ2n) is 6.06. The summed E-state index contributed by atoms with van der Waals surface area (Å²) in [6.07, 6.45) is 4.96. The standard InChI is InChI=1S/C17H22O3/c1-11(2)14(18)6-8-17(4)7-5-13-15(19)9-12(3)10-16(13)20-17/h5,7,9-11,19H,6,8H2,1-4H3/t17-/m1/s1. The van der Waals surface area contributed by atoms with Crippen molar-refractivity contribution in [3.63, 3.8) is 0 Å². The first kappa shape index (κ1) is 14.6. The molecule has 1 heterocycles. The third kappa shape index (κ3) is 3.03. The van der Waals surface area contributed by atoms with Crippen LogP contribution in [-0.2, 0) is 4.79 Å². The summed E-state index contributed by atoms with van der Waals surface area (Å²) in [5.74, 6) is 1.23.